The fraction of sp³-hybridized carbons (Fsp3) is 0.304. The molecule has 1 amide bonds. The van der Waals surface area contributed by atoms with Crippen LogP contribution < -0.4 is 10.1 Å². The Balaban J connectivity index is 1.56. The number of carbonyl (C=O) groups is 2. The normalized spacial score (nSPS) is 20.5. The molecule has 158 valence electrons. The van der Waals surface area contributed by atoms with Gasteiger partial charge in [0, 0.05) is 23.9 Å². The molecule has 1 N–H and O–H groups in total. The van der Waals surface area contributed by atoms with Crippen LogP contribution in [0.2, 0.25) is 0 Å². The second-order valence-corrected chi connectivity index (χ2v) is 8.26. The van der Waals surface area contributed by atoms with Gasteiger partial charge in [0.25, 0.3) is 0 Å². The molecule has 31 heavy (non-hydrogen) atoms. The number of hydrogen-bond donors (Lipinski definition) is 1. The Morgan fingerprint density at radius 1 is 1.32 bits per heavy atom. The topological polar surface area (TPSA) is 105 Å². The Bertz CT molecular complexity index is 1100. The van der Waals surface area contributed by atoms with Crippen LogP contribution in [0.1, 0.15) is 30.9 Å². The molecule has 1 aliphatic carbocycles. The van der Waals surface area contributed by atoms with Crippen molar-refractivity contribution in [2.24, 2.45) is 10.9 Å². The van der Waals surface area contributed by atoms with Gasteiger partial charge in [0.05, 0.1) is 42.6 Å². The molecule has 0 bridgehead atoms. The van der Waals surface area contributed by atoms with Crippen LogP contribution in [0.4, 0.5) is 5.69 Å². The summed E-state index contributed by atoms with van der Waals surface area (Å²) in [5.41, 5.74) is 1.77. The monoisotopic (exact) mass is 435 g/mol. The summed E-state index contributed by atoms with van der Waals surface area (Å²) < 4.78 is 10.8. The molecule has 2 aliphatic rings. The summed E-state index contributed by atoms with van der Waals surface area (Å²) >= 11 is 1.20. The molecule has 1 unspecified atom stereocenters. The largest absolute Gasteiger partial charge is 0.497 e. The number of furan rings is 1. The van der Waals surface area contributed by atoms with Crippen molar-refractivity contribution in [2.75, 3.05) is 18.2 Å². The number of nitrogens with zero attached hydrogens (tertiary/aromatic N) is 2. The number of methoxy groups -OCH3 is 1. The van der Waals surface area contributed by atoms with Gasteiger partial charge in [-0.25, -0.2) is 4.99 Å². The molecule has 2 heterocycles. The van der Waals surface area contributed by atoms with E-state index in [2.05, 4.69) is 16.4 Å². The molecule has 0 radical (unpaired) electrons. The summed E-state index contributed by atoms with van der Waals surface area (Å²) in [5.74, 6) is 0.196. The second-order valence-electron chi connectivity index (χ2n) is 7.29. The minimum Gasteiger partial charge on any atom is -0.497 e. The summed E-state index contributed by atoms with van der Waals surface area (Å²) in [4.78, 5) is 29.8. The third kappa shape index (κ3) is 4.42. The number of allylic oxidation sites excluding steroid dienone is 1. The SMILES string of the molecule is COc1cccc(NC(=O)CSC2=C(C#N)[C@@H](c3ccco3)C3C(=O)CCCC3=N2)c1. The third-order valence-electron chi connectivity index (χ3n) is 5.35. The number of rotatable bonds is 6. The zero-order valence-electron chi connectivity index (χ0n) is 17.0. The molecule has 2 atom stereocenters. The Kier molecular flexibility index (Phi) is 6.23. The van der Waals surface area contributed by atoms with Crippen LogP contribution in [0.15, 0.2) is 62.7 Å². The Hall–Kier alpha value is -3.31. The first-order chi connectivity index (χ1) is 15.1. The number of Topliss-reactive ketones (excluding diaryl/α,β-unsaturated/α-hetero) is 1. The number of thioether (sulfide) groups is 1. The standard InChI is InChI=1S/C23H21N3O4S/c1-29-15-6-2-5-14(11-15)25-20(28)13-31-23-16(12-24)21(19-9-4-10-30-19)22-17(26-23)7-3-8-18(22)27/h2,4-6,9-11,21-22H,3,7-8,13H2,1H3,(H,25,28)/t21-,22?/m0/s1. The van der Waals surface area contributed by atoms with Crippen molar-refractivity contribution in [1.29, 1.82) is 5.26 Å². The highest BCUT2D eigenvalue weighted by molar-refractivity contribution is 8.03. The number of benzene rings is 1. The van der Waals surface area contributed by atoms with E-state index in [9.17, 15) is 14.9 Å². The van der Waals surface area contributed by atoms with Crippen LogP contribution in [0.3, 0.4) is 0 Å². The molecule has 1 aliphatic heterocycles. The number of ketones is 1. The molecule has 1 aromatic heterocycles. The van der Waals surface area contributed by atoms with Crippen molar-refractivity contribution in [3.63, 3.8) is 0 Å². The van der Waals surface area contributed by atoms with Gasteiger partial charge in [-0.3, -0.25) is 9.59 Å². The van der Waals surface area contributed by atoms with Crippen molar-refractivity contribution in [3.05, 3.63) is 59.0 Å². The Labute approximate surface area is 184 Å². The van der Waals surface area contributed by atoms with Crippen molar-refractivity contribution < 1.29 is 18.7 Å². The zero-order chi connectivity index (χ0) is 21.8. The predicted octanol–water partition coefficient (Wildman–Crippen LogP) is 4.30. The van der Waals surface area contributed by atoms with E-state index in [-0.39, 0.29) is 17.4 Å². The number of hydrogen-bond acceptors (Lipinski definition) is 7. The summed E-state index contributed by atoms with van der Waals surface area (Å²) in [7, 11) is 1.56. The molecule has 2 aromatic rings. The molecule has 1 aromatic carbocycles. The van der Waals surface area contributed by atoms with Crippen molar-refractivity contribution in [2.45, 2.75) is 25.2 Å². The van der Waals surface area contributed by atoms with E-state index in [1.165, 1.54) is 18.0 Å². The van der Waals surface area contributed by atoms with E-state index in [1.807, 2.05) is 0 Å². The fourth-order valence-corrected chi connectivity index (χ4v) is 4.82. The van der Waals surface area contributed by atoms with Gasteiger partial charge in [-0.05, 0) is 37.1 Å². The molecule has 0 saturated heterocycles. The van der Waals surface area contributed by atoms with Gasteiger partial charge in [0.2, 0.25) is 5.91 Å². The number of ether oxygens (including phenoxy) is 1. The number of anilines is 1. The maximum atomic E-state index is 12.7. The van der Waals surface area contributed by atoms with Crippen LogP contribution in [-0.2, 0) is 9.59 Å². The highest BCUT2D eigenvalue weighted by Crippen LogP contribution is 2.45. The quantitative estimate of drug-likeness (QED) is 0.725. The van der Waals surface area contributed by atoms with E-state index < -0.39 is 11.8 Å². The van der Waals surface area contributed by atoms with Crippen molar-refractivity contribution >= 4 is 34.9 Å². The Morgan fingerprint density at radius 3 is 2.94 bits per heavy atom. The Morgan fingerprint density at radius 2 is 2.19 bits per heavy atom. The highest BCUT2D eigenvalue weighted by Gasteiger charge is 2.43. The molecule has 7 nitrogen and oxygen atoms in total. The fourth-order valence-electron chi connectivity index (χ4n) is 3.97. The lowest BCUT2D eigenvalue weighted by Gasteiger charge is -2.33. The molecule has 8 heteroatoms. The summed E-state index contributed by atoms with van der Waals surface area (Å²) in [6.45, 7) is 0. The minimum atomic E-state index is -0.496. The molecular formula is C23H21N3O4S. The predicted molar refractivity (Wildman–Crippen MR) is 118 cm³/mol. The van der Waals surface area contributed by atoms with Gasteiger partial charge >= 0.3 is 0 Å². The lowest BCUT2D eigenvalue weighted by atomic mass is 9.72. The van der Waals surface area contributed by atoms with E-state index in [0.29, 0.717) is 40.6 Å². The van der Waals surface area contributed by atoms with Crippen LogP contribution in [0.25, 0.3) is 0 Å². The third-order valence-corrected chi connectivity index (χ3v) is 6.34. The molecule has 4 rings (SSSR count). The number of amides is 1. The zero-order valence-corrected chi connectivity index (χ0v) is 17.8. The second kappa shape index (κ2) is 9.23. The van der Waals surface area contributed by atoms with Crippen LogP contribution in [0, 0.1) is 17.2 Å². The maximum Gasteiger partial charge on any atom is 0.234 e. The number of aliphatic imine (C=N–C) groups is 1. The summed E-state index contributed by atoms with van der Waals surface area (Å²) in [6.07, 6.45) is 3.46. The minimum absolute atomic E-state index is 0.0813. The summed E-state index contributed by atoms with van der Waals surface area (Å²) in [6, 6.07) is 12.8. The first kappa shape index (κ1) is 20.9. The van der Waals surface area contributed by atoms with Gasteiger partial charge in [-0.1, -0.05) is 17.8 Å². The maximum absolute atomic E-state index is 12.7. The first-order valence-electron chi connectivity index (χ1n) is 9.95. The lowest BCUT2D eigenvalue weighted by molar-refractivity contribution is -0.122. The average Bonchev–Trinajstić information content (AvgIpc) is 3.31. The van der Waals surface area contributed by atoms with Crippen LogP contribution in [-0.4, -0.2) is 30.3 Å². The van der Waals surface area contributed by atoms with Crippen molar-refractivity contribution in [3.8, 4) is 11.8 Å². The van der Waals surface area contributed by atoms with Crippen LogP contribution >= 0.6 is 11.8 Å². The van der Waals surface area contributed by atoms with Gasteiger partial charge in [0.15, 0.2) is 0 Å². The van der Waals surface area contributed by atoms with Crippen LogP contribution in [0.5, 0.6) is 5.75 Å². The van der Waals surface area contributed by atoms with E-state index in [0.717, 1.165) is 12.1 Å². The van der Waals surface area contributed by atoms with Gasteiger partial charge in [-0.2, -0.15) is 5.26 Å². The molecular weight excluding hydrogens is 414 g/mol. The van der Waals surface area contributed by atoms with E-state index >= 15 is 0 Å². The van der Waals surface area contributed by atoms with E-state index in [1.54, 1.807) is 43.5 Å². The number of carbonyl (C=O) groups excluding carboxylic acids is 2. The highest BCUT2D eigenvalue weighted by atomic mass is 32.2. The molecule has 1 fully saturated rings. The van der Waals surface area contributed by atoms with Gasteiger partial charge in [-0.15, -0.1) is 0 Å². The molecule has 1 saturated carbocycles. The average molecular weight is 436 g/mol. The van der Waals surface area contributed by atoms with Gasteiger partial charge < -0.3 is 14.5 Å². The number of nitriles is 1. The molecule has 0 spiro atoms. The lowest BCUT2D eigenvalue weighted by Crippen LogP contribution is -2.37. The van der Waals surface area contributed by atoms with Gasteiger partial charge in [0.1, 0.15) is 22.3 Å². The first-order valence-corrected chi connectivity index (χ1v) is 10.9. The van der Waals surface area contributed by atoms with Crippen molar-refractivity contribution in [1.82, 2.24) is 0 Å². The summed E-state index contributed by atoms with van der Waals surface area (Å²) in [5, 5.41) is 13.2. The number of nitrogens with one attached hydrogen (secondary N) is 1. The smallest absolute Gasteiger partial charge is 0.234 e. The van der Waals surface area contributed by atoms with E-state index in [4.69, 9.17) is 9.15 Å². The number of fused-ring (bicyclic) bond motifs is 1.